The van der Waals surface area contributed by atoms with E-state index in [0.717, 1.165) is 12.8 Å². The predicted molar refractivity (Wildman–Crippen MR) is 54.1 cm³/mol. The van der Waals surface area contributed by atoms with Gasteiger partial charge in [-0.15, -0.1) is 12.4 Å². The third kappa shape index (κ3) is 5.11. The maximum absolute atomic E-state index is 11.0. The second-order valence-electron chi connectivity index (χ2n) is 3.28. The Balaban J connectivity index is 0.00000144. The van der Waals surface area contributed by atoms with Crippen molar-refractivity contribution < 1.29 is 9.53 Å². The molecule has 1 saturated carbocycles. The summed E-state index contributed by atoms with van der Waals surface area (Å²) in [5.74, 6) is -0.121. The quantitative estimate of drug-likeness (QED) is 0.713. The monoisotopic (exact) mass is 207 g/mol. The normalized spacial score (nSPS) is 17.6. The highest BCUT2D eigenvalue weighted by Gasteiger charge is 2.16. The number of ether oxygens (including phenoxy) is 1. The van der Waals surface area contributed by atoms with Gasteiger partial charge < -0.3 is 10.1 Å². The standard InChI is InChI=1S/C9H17NO2.ClH/c1-10-7-9(11)12-8-5-3-2-4-6-8;/h8,10H,2-7H2,1H3;1H. The van der Waals surface area contributed by atoms with Crippen molar-refractivity contribution in [3.8, 4) is 0 Å². The van der Waals surface area contributed by atoms with E-state index in [1.54, 1.807) is 7.05 Å². The van der Waals surface area contributed by atoms with Crippen LogP contribution in [0.4, 0.5) is 0 Å². The molecule has 1 fully saturated rings. The Morgan fingerprint density at radius 2 is 2.00 bits per heavy atom. The van der Waals surface area contributed by atoms with Crippen molar-refractivity contribution in [3.05, 3.63) is 0 Å². The predicted octanol–water partition coefficient (Wildman–Crippen LogP) is 1.50. The van der Waals surface area contributed by atoms with Gasteiger partial charge in [-0.1, -0.05) is 6.42 Å². The smallest absolute Gasteiger partial charge is 0.320 e. The Morgan fingerprint density at radius 3 is 2.54 bits per heavy atom. The van der Waals surface area contributed by atoms with Crippen LogP contribution in [0, 0.1) is 0 Å². The zero-order valence-electron chi connectivity index (χ0n) is 8.04. The van der Waals surface area contributed by atoms with Crippen molar-refractivity contribution in [3.63, 3.8) is 0 Å². The largest absolute Gasteiger partial charge is 0.461 e. The maximum atomic E-state index is 11.0. The molecular formula is C9H18ClNO2. The second-order valence-corrected chi connectivity index (χ2v) is 3.28. The van der Waals surface area contributed by atoms with Gasteiger partial charge in [-0.2, -0.15) is 0 Å². The highest BCUT2D eigenvalue weighted by atomic mass is 35.5. The number of esters is 1. The Hall–Kier alpha value is -0.280. The fraction of sp³-hybridized carbons (Fsp3) is 0.889. The molecule has 0 heterocycles. The lowest BCUT2D eigenvalue weighted by molar-refractivity contribution is -0.149. The first-order valence-corrected chi connectivity index (χ1v) is 4.67. The summed E-state index contributed by atoms with van der Waals surface area (Å²) < 4.78 is 5.23. The second kappa shape index (κ2) is 7.15. The molecule has 4 heteroatoms. The summed E-state index contributed by atoms with van der Waals surface area (Å²) in [7, 11) is 1.75. The lowest BCUT2D eigenvalue weighted by atomic mass is 9.98. The topological polar surface area (TPSA) is 38.3 Å². The van der Waals surface area contributed by atoms with Gasteiger partial charge >= 0.3 is 5.97 Å². The van der Waals surface area contributed by atoms with E-state index in [1.807, 2.05) is 0 Å². The third-order valence-electron chi connectivity index (χ3n) is 2.17. The molecule has 0 aromatic heterocycles. The molecular weight excluding hydrogens is 190 g/mol. The van der Waals surface area contributed by atoms with Crippen molar-refractivity contribution in [2.45, 2.75) is 38.2 Å². The lowest BCUT2D eigenvalue weighted by Gasteiger charge is -2.21. The van der Waals surface area contributed by atoms with E-state index in [2.05, 4.69) is 5.32 Å². The molecule has 1 rings (SSSR count). The van der Waals surface area contributed by atoms with Crippen LogP contribution in [0.5, 0.6) is 0 Å². The van der Waals surface area contributed by atoms with Crippen molar-refractivity contribution in [2.75, 3.05) is 13.6 Å². The average Bonchev–Trinajstić information content (AvgIpc) is 2.06. The van der Waals surface area contributed by atoms with Gasteiger partial charge in [0.2, 0.25) is 0 Å². The molecule has 3 nitrogen and oxygen atoms in total. The molecule has 0 saturated heterocycles. The molecule has 0 aromatic rings. The summed E-state index contributed by atoms with van der Waals surface area (Å²) in [5.41, 5.74) is 0. The van der Waals surface area contributed by atoms with Crippen molar-refractivity contribution in [1.29, 1.82) is 0 Å². The SMILES string of the molecule is CNCC(=O)OC1CCCCC1.Cl. The molecule has 0 amide bonds. The number of carbonyl (C=O) groups is 1. The minimum Gasteiger partial charge on any atom is -0.461 e. The minimum absolute atomic E-state index is 0. The lowest BCUT2D eigenvalue weighted by Crippen LogP contribution is -2.27. The summed E-state index contributed by atoms with van der Waals surface area (Å²) in [6.07, 6.45) is 6.00. The summed E-state index contributed by atoms with van der Waals surface area (Å²) in [6.45, 7) is 0.330. The molecule has 0 atom stereocenters. The first-order chi connectivity index (χ1) is 5.83. The number of nitrogens with one attached hydrogen (secondary N) is 1. The fourth-order valence-electron chi connectivity index (χ4n) is 1.55. The zero-order valence-corrected chi connectivity index (χ0v) is 8.86. The summed E-state index contributed by atoms with van der Waals surface area (Å²) in [4.78, 5) is 11.0. The van der Waals surface area contributed by atoms with Gasteiger partial charge in [0.25, 0.3) is 0 Å². The molecule has 1 aliphatic carbocycles. The number of carbonyl (C=O) groups excluding carboxylic acids is 1. The van der Waals surface area contributed by atoms with Crippen LogP contribution >= 0.6 is 12.4 Å². The van der Waals surface area contributed by atoms with E-state index in [9.17, 15) is 4.79 Å². The third-order valence-corrected chi connectivity index (χ3v) is 2.17. The summed E-state index contributed by atoms with van der Waals surface area (Å²) >= 11 is 0. The number of rotatable bonds is 3. The molecule has 0 aliphatic heterocycles. The average molecular weight is 208 g/mol. The molecule has 0 aromatic carbocycles. The molecule has 0 bridgehead atoms. The van der Waals surface area contributed by atoms with Crippen LogP contribution in [0.3, 0.4) is 0 Å². The zero-order chi connectivity index (χ0) is 8.81. The summed E-state index contributed by atoms with van der Waals surface area (Å²) in [5, 5.41) is 2.78. The van der Waals surface area contributed by atoms with Crippen LogP contribution in [-0.4, -0.2) is 25.7 Å². The van der Waals surface area contributed by atoms with Crippen LogP contribution in [0.1, 0.15) is 32.1 Å². The van der Waals surface area contributed by atoms with Crippen molar-refractivity contribution in [1.82, 2.24) is 5.32 Å². The fourth-order valence-corrected chi connectivity index (χ4v) is 1.55. The van der Waals surface area contributed by atoms with Gasteiger partial charge in [-0.05, 0) is 32.7 Å². The molecule has 78 valence electrons. The van der Waals surface area contributed by atoms with Crippen LogP contribution in [0.25, 0.3) is 0 Å². The van der Waals surface area contributed by atoms with E-state index in [0.29, 0.717) is 6.54 Å². The van der Waals surface area contributed by atoms with Gasteiger partial charge in [0.15, 0.2) is 0 Å². The molecule has 1 N–H and O–H groups in total. The Morgan fingerprint density at radius 1 is 1.38 bits per heavy atom. The minimum atomic E-state index is -0.121. The Labute approximate surface area is 85.6 Å². The van der Waals surface area contributed by atoms with Crippen molar-refractivity contribution >= 4 is 18.4 Å². The Kier molecular flexibility index (Phi) is 7.00. The molecule has 0 spiro atoms. The van der Waals surface area contributed by atoms with Crippen molar-refractivity contribution in [2.24, 2.45) is 0 Å². The molecule has 13 heavy (non-hydrogen) atoms. The number of likely N-dealkylation sites (N-methyl/N-ethyl adjacent to an activating group) is 1. The van der Waals surface area contributed by atoms with Crippen LogP contribution in [0.15, 0.2) is 0 Å². The van der Waals surface area contributed by atoms with E-state index < -0.39 is 0 Å². The van der Waals surface area contributed by atoms with Crippen LogP contribution in [-0.2, 0) is 9.53 Å². The van der Waals surface area contributed by atoms with Gasteiger partial charge in [-0.25, -0.2) is 0 Å². The Bertz CT molecular complexity index is 147. The van der Waals surface area contributed by atoms with E-state index in [-0.39, 0.29) is 24.5 Å². The highest BCUT2D eigenvalue weighted by Crippen LogP contribution is 2.20. The first kappa shape index (κ1) is 12.7. The number of hydrogen-bond acceptors (Lipinski definition) is 3. The van der Waals surface area contributed by atoms with Gasteiger partial charge in [-0.3, -0.25) is 4.79 Å². The molecule has 0 unspecified atom stereocenters. The van der Waals surface area contributed by atoms with E-state index in [4.69, 9.17) is 4.74 Å². The molecule has 0 radical (unpaired) electrons. The number of halogens is 1. The summed E-state index contributed by atoms with van der Waals surface area (Å²) in [6, 6.07) is 0. The number of hydrogen-bond donors (Lipinski definition) is 1. The van der Waals surface area contributed by atoms with Crippen LogP contribution in [0.2, 0.25) is 0 Å². The maximum Gasteiger partial charge on any atom is 0.320 e. The molecule has 1 aliphatic rings. The van der Waals surface area contributed by atoms with Gasteiger partial charge in [0, 0.05) is 0 Å². The highest BCUT2D eigenvalue weighted by molar-refractivity contribution is 5.85. The van der Waals surface area contributed by atoms with Crippen LogP contribution < -0.4 is 5.32 Å². The van der Waals surface area contributed by atoms with E-state index in [1.165, 1.54) is 19.3 Å². The van der Waals surface area contributed by atoms with E-state index >= 15 is 0 Å². The van der Waals surface area contributed by atoms with Gasteiger partial charge in [0.1, 0.15) is 6.10 Å². The first-order valence-electron chi connectivity index (χ1n) is 4.67. The van der Waals surface area contributed by atoms with Gasteiger partial charge in [0.05, 0.1) is 6.54 Å².